The fourth-order valence-corrected chi connectivity index (χ4v) is 6.33. The molecule has 1 fully saturated rings. The van der Waals surface area contributed by atoms with Crippen molar-refractivity contribution in [2.45, 2.75) is 62.6 Å². The van der Waals surface area contributed by atoms with Crippen molar-refractivity contribution < 1.29 is 0 Å². The molecule has 1 heterocycles. The maximum atomic E-state index is 14.2. The molecule has 2 aliphatic rings. The van der Waals surface area contributed by atoms with Gasteiger partial charge in [0.1, 0.15) is 0 Å². The molecule has 3 aromatic rings. The number of rotatable bonds is 4. The maximum absolute atomic E-state index is 14.2. The summed E-state index contributed by atoms with van der Waals surface area (Å²) in [5, 5.41) is 0.801. The Morgan fingerprint density at radius 1 is 1.03 bits per heavy atom. The normalized spacial score (nSPS) is 20.8. The van der Waals surface area contributed by atoms with Gasteiger partial charge < -0.3 is 0 Å². The third-order valence-electron chi connectivity index (χ3n) is 7.41. The number of nitrogens with zero attached hydrogens (tertiary/aromatic N) is 2. The average molecular weight is 431 g/mol. The van der Waals surface area contributed by atoms with Crippen molar-refractivity contribution in [3.63, 3.8) is 0 Å². The van der Waals surface area contributed by atoms with Crippen molar-refractivity contribution in [2.24, 2.45) is 5.92 Å². The van der Waals surface area contributed by atoms with Gasteiger partial charge in [-0.25, -0.2) is 4.98 Å². The Labute approximate surface area is 188 Å². The number of hydrogen-bond donors (Lipinski definition) is 0. The van der Waals surface area contributed by atoms with Gasteiger partial charge in [-0.3, -0.25) is 9.36 Å². The molecular weight excluding hydrogens is 400 g/mol. The Hall–Kier alpha value is -2.33. The van der Waals surface area contributed by atoms with Gasteiger partial charge in [0.05, 0.1) is 17.8 Å². The number of hydrogen-bond acceptors (Lipinski definition) is 3. The van der Waals surface area contributed by atoms with Gasteiger partial charge >= 0.3 is 0 Å². The maximum Gasteiger partial charge on any atom is 0.258 e. The molecule has 1 aromatic heterocycles. The van der Waals surface area contributed by atoms with Gasteiger partial charge in [0.25, 0.3) is 5.56 Å². The monoisotopic (exact) mass is 430 g/mol. The van der Waals surface area contributed by atoms with E-state index in [4.69, 9.17) is 4.98 Å². The highest BCUT2D eigenvalue weighted by molar-refractivity contribution is 7.98. The standard InChI is InChI=1S/C27H30N2OS/c1-27(21-14-7-4-8-15-21)17-20-13-9-10-16-22(20)24-23(27)25(30)29(26(28-24)31-2)18-19-11-5-3-6-12-19/h3,5-6,9-13,16,21H,4,7-8,14-15,17-18H2,1-2H3. The molecule has 2 aliphatic carbocycles. The largest absolute Gasteiger partial charge is 0.283 e. The van der Waals surface area contributed by atoms with Gasteiger partial charge in [-0.05, 0) is 42.6 Å². The van der Waals surface area contributed by atoms with Crippen LogP contribution >= 0.6 is 11.8 Å². The zero-order valence-electron chi connectivity index (χ0n) is 18.4. The van der Waals surface area contributed by atoms with E-state index in [1.165, 1.54) is 37.7 Å². The van der Waals surface area contributed by atoms with Crippen LogP contribution in [0.1, 0.15) is 55.7 Å². The molecule has 0 spiro atoms. The quantitative estimate of drug-likeness (QED) is 0.372. The lowest BCUT2D eigenvalue weighted by Gasteiger charge is -2.44. The molecule has 31 heavy (non-hydrogen) atoms. The summed E-state index contributed by atoms with van der Waals surface area (Å²) in [4.78, 5) is 19.3. The first kappa shape index (κ1) is 20.6. The van der Waals surface area contributed by atoms with Crippen LogP contribution in [0, 0.1) is 5.92 Å². The second kappa shape index (κ2) is 8.31. The van der Waals surface area contributed by atoms with Gasteiger partial charge in [-0.1, -0.05) is 92.5 Å². The van der Waals surface area contributed by atoms with Crippen molar-refractivity contribution in [3.05, 3.63) is 81.6 Å². The summed E-state index contributed by atoms with van der Waals surface area (Å²) in [6.45, 7) is 2.91. The molecule has 1 unspecified atom stereocenters. The highest BCUT2D eigenvalue weighted by atomic mass is 32.2. The topological polar surface area (TPSA) is 34.9 Å². The number of thioether (sulfide) groups is 1. The van der Waals surface area contributed by atoms with Crippen LogP contribution in [-0.2, 0) is 18.4 Å². The minimum absolute atomic E-state index is 0.153. The van der Waals surface area contributed by atoms with Crippen molar-refractivity contribution in [1.82, 2.24) is 9.55 Å². The van der Waals surface area contributed by atoms with E-state index >= 15 is 0 Å². The first-order valence-electron chi connectivity index (χ1n) is 11.4. The Morgan fingerprint density at radius 2 is 1.74 bits per heavy atom. The van der Waals surface area contributed by atoms with Gasteiger partial charge in [0, 0.05) is 11.0 Å². The zero-order valence-corrected chi connectivity index (χ0v) is 19.3. The number of aromatic nitrogens is 2. The Bertz CT molecular complexity index is 1150. The van der Waals surface area contributed by atoms with Crippen molar-refractivity contribution in [3.8, 4) is 11.3 Å². The highest BCUT2D eigenvalue weighted by Crippen LogP contribution is 2.49. The number of benzene rings is 2. The molecule has 4 heteroatoms. The second-order valence-electron chi connectivity index (χ2n) is 9.29. The second-order valence-corrected chi connectivity index (χ2v) is 10.1. The van der Waals surface area contributed by atoms with E-state index in [0.29, 0.717) is 12.5 Å². The van der Waals surface area contributed by atoms with Crippen LogP contribution in [0.2, 0.25) is 0 Å². The summed E-state index contributed by atoms with van der Waals surface area (Å²) in [6.07, 6.45) is 9.23. The zero-order chi connectivity index (χ0) is 21.4. The summed E-state index contributed by atoms with van der Waals surface area (Å²) in [6, 6.07) is 18.8. The molecular formula is C27H30N2OS. The fourth-order valence-electron chi connectivity index (χ4n) is 5.78. The van der Waals surface area contributed by atoms with Gasteiger partial charge in [0.15, 0.2) is 5.16 Å². The Morgan fingerprint density at radius 3 is 2.48 bits per heavy atom. The van der Waals surface area contributed by atoms with Gasteiger partial charge in [-0.2, -0.15) is 0 Å². The molecule has 0 amide bonds. The molecule has 0 saturated heterocycles. The lowest BCUT2D eigenvalue weighted by atomic mass is 9.60. The average Bonchev–Trinajstić information content (AvgIpc) is 2.81. The van der Waals surface area contributed by atoms with Crippen LogP contribution < -0.4 is 5.56 Å². The van der Waals surface area contributed by atoms with Crippen LogP contribution in [0.15, 0.2) is 64.5 Å². The highest BCUT2D eigenvalue weighted by Gasteiger charge is 2.44. The predicted octanol–water partition coefficient (Wildman–Crippen LogP) is 6.07. The molecule has 1 atom stereocenters. The van der Waals surface area contributed by atoms with E-state index in [2.05, 4.69) is 43.3 Å². The first-order valence-corrected chi connectivity index (χ1v) is 12.7. The van der Waals surface area contributed by atoms with Crippen LogP contribution in [0.3, 0.4) is 0 Å². The fraction of sp³-hybridized carbons (Fsp3) is 0.407. The predicted molar refractivity (Wildman–Crippen MR) is 129 cm³/mol. The van der Waals surface area contributed by atoms with Crippen molar-refractivity contribution in [2.75, 3.05) is 6.26 Å². The van der Waals surface area contributed by atoms with Crippen LogP contribution in [-0.4, -0.2) is 15.8 Å². The van der Waals surface area contributed by atoms with E-state index in [1.807, 2.05) is 29.0 Å². The van der Waals surface area contributed by atoms with Crippen molar-refractivity contribution in [1.29, 1.82) is 0 Å². The minimum Gasteiger partial charge on any atom is -0.283 e. The molecule has 1 saturated carbocycles. The Balaban J connectivity index is 1.74. The van der Waals surface area contributed by atoms with Crippen LogP contribution in [0.25, 0.3) is 11.3 Å². The smallest absolute Gasteiger partial charge is 0.258 e. The molecule has 2 aromatic carbocycles. The molecule has 0 N–H and O–H groups in total. The molecule has 3 nitrogen and oxygen atoms in total. The summed E-state index contributed by atoms with van der Waals surface area (Å²) in [5.74, 6) is 0.535. The molecule has 0 aliphatic heterocycles. The van der Waals surface area contributed by atoms with Gasteiger partial charge in [0.2, 0.25) is 0 Å². The Kier molecular flexibility index (Phi) is 5.51. The molecule has 0 bridgehead atoms. The van der Waals surface area contributed by atoms with Crippen LogP contribution in [0.4, 0.5) is 0 Å². The van der Waals surface area contributed by atoms with E-state index in [1.54, 1.807) is 11.8 Å². The molecule has 0 radical (unpaired) electrons. The SMILES string of the molecule is CSc1nc2c(c(=O)n1Cc1ccccc1)C(C)(C1CCCCC1)Cc1ccccc1-2. The lowest BCUT2D eigenvalue weighted by molar-refractivity contribution is 0.212. The van der Waals surface area contributed by atoms with E-state index < -0.39 is 0 Å². The lowest BCUT2D eigenvalue weighted by Crippen LogP contribution is -2.45. The van der Waals surface area contributed by atoms with Gasteiger partial charge in [-0.15, -0.1) is 0 Å². The minimum atomic E-state index is -0.163. The van der Waals surface area contributed by atoms with E-state index in [9.17, 15) is 4.79 Å². The van der Waals surface area contributed by atoms with Crippen molar-refractivity contribution >= 4 is 11.8 Å². The molecule has 5 rings (SSSR count). The summed E-state index contributed by atoms with van der Waals surface area (Å²) in [7, 11) is 0. The first-order chi connectivity index (χ1) is 15.1. The third-order valence-corrected chi connectivity index (χ3v) is 8.08. The van der Waals surface area contributed by atoms with E-state index in [-0.39, 0.29) is 11.0 Å². The number of fused-ring (bicyclic) bond motifs is 3. The summed E-state index contributed by atoms with van der Waals surface area (Å²) < 4.78 is 1.91. The third kappa shape index (κ3) is 3.55. The summed E-state index contributed by atoms with van der Waals surface area (Å²) in [5.41, 5.74) is 5.48. The van der Waals surface area contributed by atoms with E-state index in [0.717, 1.165) is 34.0 Å². The van der Waals surface area contributed by atoms with Crippen LogP contribution in [0.5, 0.6) is 0 Å². The molecule has 160 valence electrons. The summed E-state index contributed by atoms with van der Waals surface area (Å²) >= 11 is 1.56.